The van der Waals surface area contributed by atoms with Crippen LogP contribution in [0.15, 0.2) is 47.1 Å². The molecule has 0 saturated heterocycles. The Bertz CT molecular complexity index is 597. The molecule has 0 aliphatic carbocycles. The molecule has 2 rings (SSSR count). The number of alkyl halides is 3. The molecule has 1 unspecified atom stereocenters. The first-order chi connectivity index (χ1) is 11.3. The average Bonchev–Trinajstić information content (AvgIpc) is 3.00. The predicted octanol–water partition coefficient (Wildman–Crippen LogP) is 1.89. The highest BCUT2D eigenvalue weighted by Gasteiger charge is 2.30. The molecule has 0 aliphatic rings. The maximum absolute atomic E-state index is 12.5. The summed E-state index contributed by atoms with van der Waals surface area (Å²) in [5.74, 6) is 0.688. The van der Waals surface area contributed by atoms with Gasteiger partial charge in [-0.1, -0.05) is 12.1 Å². The van der Waals surface area contributed by atoms with Gasteiger partial charge in [0.05, 0.1) is 25.5 Å². The lowest BCUT2D eigenvalue weighted by Gasteiger charge is -2.18. The van der Waals surface area contributed by atoms with E-state index in [1.165, 1.54) is 12.1 Å². The lowest BCUT2D eigenvalue weighted by Crippen LogP contribution is -3.08. The standard InChI is InChI=1S/C17H20F3NO3/c1-21(9-13-4-6-14(7-5-13)17(18,19)20)10-15(22)11-23-12-16-3-2-8-24-16/h2-8,15,22H,9-12H2,1H3/p+1/t15-/m0/s1. The van der Waals surface area contributed by atoms with Gasteiger partial charge in [0, 0.05) is 5.56 Å². The van der Waals surface area contributed by atoms with Crippen molar-refractivity contribution in [1.29, 1.82) is 0 Å². The molecule has 4 nitrogen and oxygen atoms in total. The van der Waals surface area contributed by atoms with Crippen molar-refractivity contribution in [1.82, 2.24) is 0 Å². The van der Waals surface area contributed by atoms with Crippen molar-refractivity contribution in [2.45, 2.75) is 25.4 Å². The van der Waals surface area contributed by atoms with Crippen LogP contribution in [0.25, 0.3) is 0 Å². The zero-order valence-corrected chi connectivity index (χ0v) is 13.3. The number of quaternary nitrogens is 1. The summed E-state index contributed by atoms with van der Waals surface area (Å²) in [7, 11) is 1.87. The number of rotatable bonds is 8. The maximum Gasteiger partial charge on any atom is 0.416 e. The Balaban J connectivity index is 1.72. The quantitative estimate of drug-likeness (QED) is 0.769. The number of aliphatic hydroxyl groups is 1. The molecule has 0 amide bonds. The number of likely N-dealkylation sites (N-methyl/N-ethyl adjacent to an activating group) is 1. The molecule has 1 aromatic carbocycles. The second-order valence-corrected chi connectivity index (χ2v) is 5.78. The number of aliphatic hydroxyl groups excluding tert-OH is 1. The normalized spacial score (nSPS) is 14.5. The first kappa shape index (κ1) is 18.5. The van der Waals surface area contributed by atoms with Crippen molar-refractivity contribution in [3.05, 3.63) is 59.5 Å². The van der Waals surface area contributed by atoms with Crippen molar-refractivity contribution in [2.24, 2.45) is 0 Å². The average molecular weight is 344 g/mol. The van der Waals surface area contributed by atoms with Gasteiger partial charge in [0.1, 0.15) is 31.6 Å². The summed E-state index contributed by atoms with van der Waals surface area (Å²) in [6, 6.07) is 8.63. The van der Waals surface area contributed by atoms with Gasteiger partial charge in [-0.15, -0.1) is 0 Å². The van der Waals surface area contributed by atoms with Crippen LogP contribution in [0.1, 0.15) is 16.9 Å². The van der Waals surface area contributed by atoms with Crippen LogP contribution in [-0.4, -0.2) is 31.4 Å². The summed E-state index contributed by atoms with van der Waals surface area (Å²) in [5.41, 5.74) is 0.125. The van der Waals surface area contributed by atoms with E-state index in [-0.39, 0.29) is 6.61 Å². The van der Waals surface area contributed by atoms with Gasteiger partial charge in [-0.05, 0) is 24.3 Å². The number of halogens is 3. The van der Waals surface area contributed by atoms with Gasteiger partial charge in [-0.2, -0.15) is 13.2 Å². The summed E-state index contributed by atoms with van der Waals surface area (Å²) in [6.07, 6.45) is -3.43. The molecule has 0 fully saturated rings. The van der Waals surface area contributed by atoms with Crippen molar-refractivity contribution in [3.8, 4) is 0 Å². The lowest BCUT2D eigenvalue weighted by atomic mass is 10.1. The molecule has 0 saturated carbocycles. The van der Waals surface area contributed by atoms with E-state index < -0.39 is 17.8 Å². The Morgan fingerprint density at radius 2 is 1.92 bits per heavy atom. The van der Waals surface area contributed by atoms with E-state index in [1.54, 1.807) is 18.4 Å². The van der Waals surface area contributed by atoms with Crippen LogP contribution < -0.4 is 4.90 Å². The van der Waals surface area contributed by atoms with Crippen LogP contribution in [0.2, 0.25) is 0 Å². The molecule has 1 aromatic heterocycles. The molecule has 24 heavy (non-hydrogen) atoms. The zero-order chi connectivity index (χ0) is 17.6. The number of ether oxygens (including phenoxy) is 1. The SMILES string of the molecule is C[NH+](Cc1ccc(C(F)(F)F)cc1)C[C@H](O)COCc1ccco1. The Morgan fingerprint density at radius 3 is 2.50 bits per heavy atom. The van der Waals surface area contributed by atoms with E-state index >= 15 is 0 Å². The van der Waals surface area contributed by atoms with Gasteiger partial charge in [0.25, 0.3) is 0 Å². The molecule has 2 atom stereocenters. The highest BCUT2D eigenvalue weighted by molar-refractivity contribution is 5.23. The molecule has 0 aliphatic heterocycles. The van der Waals surface area contributed by atoms with Crippen molar-refractivity contribution in [2.75, 3.05) is 20.2 Å². The van der Waals surface area contributed by atoms with E-state index in [1.807, 2.05) is 7.05 Å². The lowest BCUT2D eigenvalue weighted by molar-refractivity contribution is -0.897. The predicted molar refractivity (Wildman–Crippen MR) is 81.3 cm³/mol. The third kappa shape index (κ3) is 5.99. The van der Waals surface area contributed by atoms with Crippen LogP contribution in [0.5, 0.6) is 0 Å². The zero-order valence-electron chi connectivity index (χ0n) is 13.3. The molecular formula is C17H21F3NO3+. The second-order valence-electron chi connectivity index (χ2n) is 5.78. The molecule has 1 heterocycles. The number of nitrogens with one attached hydrogen (secondary N) is 1. The van der Waals surface area contributed by atoms with Crippen molar-refractivity contribution in [3.63, 3.8) is 0 Å². The van der Waals surface area contributed by atoms with E-state index in [0.717, 1.165) is 22.6 Å². The Hall–Kier alpha value is -1.83. The van der Waals surface area contributed by atoms with E-state index in [0.29, 0.717) is 25.5 Å². The van der Waals surface area contributed by atoms with Gasteiger partial charge < -0.3 is 19.2 Å². The molecule has 2 N–H and O–H groups in total. The maximum atomic E-state index is 12.5. The Labute approximate surface area is 138 Å². The minimum atomic E-state index is -4.32. The summed E-state index contributed by atoms with van der Waals surface area (Å²) >= 11 is 0. The number of furan rings is 1. The second kappa shape index (κ2) is 8.32. The van der Waals surface area contributed by atoms with Gasteiger partial charge in [-0.25, -0.2) is 0 Å². The molecule has 0 spiro atoms. The summed E-state index contributed by atoms with van der Waals surface area (Å²) in [6.45, 7) is 1.42. The van der Waals surface area contributed by atoms with E-state index in [9.17, 15) is 18.3 Å². The van der Waals surface area contributed by atoms with E-state index in [4.69, 9.17) is 9.15 Å². The molecule has 132 valence electrons. The largest absolute Gasteiger partial charge is 0.467 e. The fraction of sp³-hybridized carbons (Fsp3) is 0.412. The van der Waals surface area contributed by atoms with Gasteiger partial charge in [0.2, 0.25) is 0 Å². The minimum Gasteiger partial charge on any atom is -0.467 e. The third-order valence-electron chi connectivity index (χ3n) is 3.51. The number of benzene rings is 1. The minimum absolute atomic E-state index is 0.172. The Morgan fingerprint density at radius 1 is 1.21 bits per heavy atom. The molecule has 2 aromatic rings. The Kier molecular flexibility index (Phi) is 6.42. The smallest absolute Gasteiger partial charge is 0.416 e. The first-order valence-corrected chi connectivity index (χ1v) is 7.60. The molecular weight excluding hydrogens is 323 g/mol. The van der Waals surface area contributed by atoms with E-state index in [2.05, 4.69) is 0 Å². The fourth-order valence-corrected chi connectivity index (χ4v) is 2.38. The van der Waals surface area contributed by atoms with Crippen LogP contribution >= 0.6 is 0 Å². The summed E-state index contributed by atoms with van der Waals surface area (Å²) < 4.78 is 48.0. The molecule has 7 heteroatoms. The first-order valence-electron chi connectivity index (χ1n) is 7.60. The van der Waals surface area contributed by atoms with Gasteiger partial charge in [0.15, 0.2) is 0 Å². The van der Waals surface area contributed by atoms with Crippen LogP contribution in [0, 0.1) is 0 Å². The highest BCUT2D eigenvalue weighted by atomic mass is 19.4. The third-order valence-corrected chi connectivity index (χ3v) is 3.51. The topological polar surface area (TPSA) is 47.0 Å². The highest BCUT2D eigenvalue weighted by Crippen LogP contribution is 2.28. The molecule has 0 radical (unpaired) electrons. The van der Waals surface area contributed by atoms with Crippen molar-refractivity contribution < 1.29 is 32.3 Å². The fourth-order valence-electron chi connectivity index (χ4n) is 2.38. The van der Waals surface area contributed by atoms with Gasteiger partial charge >= 0.3 is 6.18 Å². The summed E-state index contributed by atoms with van der Waals surface area (Å²) in [4.78, 5) is 0.976. The summed E-state index contributed by atoms with van der Waals surface area (Å²) in [5, 5.41) is 9.95. The van der Waals surface area contributed by atoms with Crippen LogP contribution in [-0.2, 0) is 24.1 Å². The van der Waals surface area contributed by atoms with Crippen LogP contribution in [0.3, 0.4) is 0 Å². The molecule has 0 bridgehead atoms. The number of hydrogen-bond acceptors (Lipinski definition) is 3. The van der Waals surface area contributed by atoms with Crippen LogP contribution in [0.4, 0.5) is 13.2 Å². The van der Waals surface area contributed by atoms with Gasteiger partial charge in [-0.3, -0.25) is 0 Å². The number of hydrogen-bond donors (Lipinski definition) is 2. The van der Waals surface area contributed by atoms with Crippen molar-refractivity contribution >= 4 is 0 Å². The monoisotopic (exact) mass is 344 g/mol.